The van der Waals surface area contributed by atoms with Crippen LogP contribution in [0.15, 0.2) is 0 Å². The average Bonchev–Trinajstić information content (AvgIpc) is 2.52. The molecule has 0 bridgehead atoms. The highest BCUT2D eigenvalue weighted by Gasteiger charge is 2.39. The standard InChI is InChI=1S/C11H19NO2/c1-9(13)12-10-4-7-14-11(8-10)5-2-3-6-11/h10H,2-8H2,1H3,(H,12,13)/t10-/m1/s1. The molecule has 0 aromatic rings. The Hall–Kier alpha value is -0.570. The Kier molecular flexibility index (Phi) is 2.77. The first kappa shape index (κ1) is 9.97. The van der Waals surface area contributed by atoms with Gasteiger partial charge in [0.1, 0.15) is 0 Å². The van der Waals surface area contributed by atoms with E-state index in [-0.39, 0.29) is 11.5 Å². The molecular weight excluding hydrogens is 178 g/mol. The normalized spacial score (nSPS) is 30.5. The highest BCUT2D eigenvalue weighted by Crippen LogP contribution is 2.39. The van der Waals surface area contributed by atoms with E-state index in [0.717, 1.165) is 19.4 Å². The Balaban J connectivity index is 1.93. The van der Waals surface area contributed by atoms with Crippen molar-refractivity contribution in [2.24, 2.45) is 0 Å². The molecule has 1 aliphatic carbocycles. The SMILES string of the molecule is CC(=O)N[C@@H]1CCOC2(CCCC2)C1. The third kappa shape index (κ3) is 2.08. The van der Waals surface area contributed by atoms with Crippen LogP contribution in [-0.4, -0.2) is 24.2 Å². The van der Waals surface area contributed by atoms with Gasteiger partial charge in [0.05, 0.1) is 5.60 Å². The number of hydrogen-bond acceptors (Lipinski definition) is 2. The fourth-order valence-electron chi connectivity index (χ4n) is 2.81. The van der Waals surface area contributed by atoms with Gasteiger partial charge in [-0.15, -0.1) is 0 Å². The molecule has 1 aliphatic heterocycles. The van der Waals surface area contributed by atoms with Crippen LogP contribution in [0.5, 0.6) is 0 Å². The van der Waals surface area contributed by atoms with Gasteiger partial charge in [0, 0.05) is 19.6 Å². The van der Waals surface area contributed by atoms with Gasteiger partial charge in [-0.05, 0) is 25.7 Å². The Bertz CT molecular complexity index is 221. The monoisotopic (exact) mass is 197 g/mol. The first-order valence-corrected chi connectivity index (χ1v) is 5.61. The van der Waals surface area contributed by atoms with Crippen LogP contribution in [0.1, 0.15) is 45.4 Å². The van der Waals surface area contributed by atoms with Crippen molar-refractivity contribution in [2.75, 3.05) is 6.61 Å². The Morgan fingerprint density at radius 3 is 2.79 bits per heavy atom. The van der Waals surface area contributed by atoms with Crippen LogP contribution in [0, 0.1) is 0 Å². The highest BCUT2D eigenvalue weighted by atomic mass is 16.5. The summed E-state index contributed by atoms with van der Waals surface area (Å²) in [6.45, 7) is 2.40. The zero-order chi connectivity index (χ0) is 10.0. The molecule has 0 radical (unpaired) electrons. The Morgan fingerprint density at radius 2 is 2.14 bits per heavy atom. The van der Waals surface area contributed by atoms with Crippen molar-refractivity contribution in [3.63, 3.8) is 0 Å². The summed E-state index contributed by atoms with van der Waals surface area (Å²) in [7, 11) is 0. The van der Waals surface area contributed by atoms with E-state index in [9.17, 15) is 4.79 Å². The second-order valence-electron chi connectivity index (χ2n) is 4.63. The van der Waals surface area contributed by atoms with Crippen LogP contribution >= 0.6 is 0 Å². The summed E-state index contributed by atoms with van der Waals surface area (Å²) < 4.78 is 5.89. The van der Waals surface area contributed by atoms with Gasteiger partial charge in [-0.1, -0.05) is 12.8 Å². The van der Waals surface area contributed by atoms with Crippen LogP contribution in [0.4, 0.5) is 0 Å². The zero-order valence-electron chi connectivity index (χ0n) is 8.84. The zero-order valence-corrected chi connectivity index (χ0v) is 8.84. The maximum atomic E-state index is 11.0. The molecule has 1 saturated carbocycles. The maximum absolute atomic E-state index is 11.0. The molecule has 1 amide bonds. The molecule has 80 valence electrons. The summed E-state index contributed by atoms with van der Waals surface area (Å²) in [5.74, 6) is 0.0880. The van der Waals surface area contributed by atoms with E-state index in [2.05, 4.69) is 5.32 Å². The van der Waals surface area contributed by atoms with Gasteiger partial charge in [-0.3, -0.25) is 4.79 Å². The van der Waals surface area contributed by atoms with E-state index in [0.29, 0.717) is 6.04 Å². The van der Waals surface area contributed by atoms with E-state index in [1.807, 2.05) is 0 Å². The maximum Gasteiger partial charge on any atom is 0.217 e. The van der Waals surface area contributed by atoms with Gasteiger partial charge in [0.25, 0.3) is 0 Å². The summed E-state index contributed by atoms with van der Waals surface area (Å²) >= 11 is 0. The third-order valence-electron chi connectivity index (χ3n) is 3.42. The minimum absolute atomic E-state index is 0.0880. The van der Waals surface area contributed by atoms with Crippen LogP contribution in [0.3, 0.4) is 0 Å². The molecule has 1 saturated heterocycles. The molecule has 1 spiro atoms. The number of nitrogens with one attached hydrogen (secondary N) is 1. The first-order valence-electron chi connectivity index (χ1n) is 5.61. The van der Waals surface area contributed by atoms with Gasteiger partial charge < -0.3 is 10.1 Å². The molecule has 1 N–H and O–H groups in total. The summed E-state index contributed by atoms with van der Waals surface area (Å²) in [6, 6.07) is 0.347. The van der Waals surface area contributed by atoms with Crippen molar-refractivity contribution < 1.29 is 9.53 Å². The van der Waals surface area contributed by atoms with Crippen molar-refractivity contribution >= 4 is 5.91 Å². The minimum Gasteiger partial charge on any atom is -0.375 e. The van der Waals surface area contributed by atoms with Crippen molar-refractivity contribution in [2.45, 2.75) is 57.1 Å². The second kappa shape index (κ2) is 3.89. The van der Waals surface area contributed by atoms with E-state index >= 15 is 0 Å². The molecule has 0 aromatic carbocycles. The van der Waals surface area contributed by atoms with Gasteiger partial charge in [-0.2, -0.15) is 0 Å². The minimum atomic E-state index is 0.0880. The van der Waals surface area contributed by atoms with E-state index < -0.39 is 0 Å². The fourth-order valence-corrected chi connectivity index (χ4v) is 2.81. The molecule has 0 aromatic heterocycles. The Labute approximate surface area is 85.2 Å². The van der Waals surface area contributed by atoms with E-state index in [4.69, 9.17) is 4.74 Å². The number of rotatable bonds is 1. The lowest BCUT2D eigenvalue weighted by atomic mass is 9.89. The summed E-state index contributed by atoms with van der Waals surface area (Å²) in [6.07, 6.45) is 6.93. The number of ether oxygens (including phenoxy) is 1. The molecule has 0 unspecified atom stereocenters. The smallest absolute Gasteiger partial charge is 0.217 e. The molecule has 14 heavy (non-hydrogen) atoms. The Morgan fingerprint density at radius 1 is 1.43 bits per heavy atom. The largest absolute Gasteiger partial charge is 0.375 e. The summed E-state index contributed by atoms with van der Waals surface area (Å²) in [5.41, 5.74) is 0.116. The number of hydrogen-bond donors (Lipinski definition) is 1. The van der Waals surface area contributed by atoms with Crippen molar-refractivity contribution in [3.8, 4) is 0 Å². The topological polar surface area (TPSA) is 38.3 Å². The second-order valence-corrected chi connectivity index (χ2v) is 4.63. The van der Waals surface area contributed by atoms with Crippen LogP contribution in [0.2, 0.25) is 0 Å². The third-order valence-corrected chi connectivity index (χ3v) is 3.42. The van der Waals surface area contributed by atoms with Crippen molar-refractivity contribution in [3.05, 3.63) is 0 Å². The van der Waals surface area contributed by atoms with Crippen LogP contribution in [-0.2, 0) is 9.53 Å². The van der Waals surface area contributed by atoms with Gasteiger partial charge in [-0.25, -0.2) is 0 Å². The van der Waals surface area contributed by atoms with Gasteiger partial charge in [0.2, 0.25) is 5.91 Å². The molecule has 2 fully saturated rings. The highest BCUT2D eigenvalue weighted by molar-refractivity contribution is 5.73. The van der Waals surface area contributed by atoms with E-state index in [1.165, 1.54) is 25.7 Å². The summed E-state index contributed by atoms with van der Waals surface area (Å²) in [5, 5.41) is 3.01. The quantitative estimate of drug-likeness (QED) is 0.693. The van der Waals surface area contributed by atoms with Gasteiger partial charge in [0.15, 0.2) is 0 Å². The molecule has 1 heterocycles. The molecular formula is C11H19NO2. The number of amides is 1. The molecule has 3 nitrogen and oxygen atoms in total. The lowest BCUT2D eigenvalue weighted by Crippen LogP contribution is -2.46. The molecule has 3 heteroatoms. The summed E-state index contributed by atoms with van der Waals surface area (Å²) in [4.78, 5) is 11.0. The van der Waals surface area contributed by atoms with Crippen molar-refractivity contribution in [1.82, 2.24) is 5.32 Å². The molecule has 2 aliphatic rings. The number of carbonyl (C=O) groups excluding carboxylic acids is 1. The number of carbonyl (C=O) groups is 1. The lowest BCUT2D eigenvalue weighted by Gasteiger charge is -2.38. The van der Waals surface area contributed by atoms with Crippen LogP contribution in [0.25, 0.3) is 0 Å². The lowest BCUT2D eigenvalue weighted by molar-refractivity contribution is -0.123. The molecule has 2 rings (SSSR count). The van der Waals surface area contributed by atoms with Crippen LogP contribution < -0.4 is 5.32 Å². The van der Waals surface area contributed by atoms with Crippen molar-refractivity contribution in [1.29, 1.82) is 0 Å². The first-order chi connectivity index (χ1) is 6.70. The predicted octanol–water partition coefficient (Wildman–Crippen LogP) is 1.61. The predicted molar refractivity (Wildman–Crippen MR) is 54.0 cm³/mol. The molecule has 1 atom stereocenters. The van der Waals surface area contributed by atoms with Gasteiger partial charge >= 0.3 is 0 Å². The fraction of sp³-hybridized carbons (Fsp3) is 0.909. The average molecular weight is 197 g/mol. The van der Waals surface area contributed by atoms with E-state index in [1.54, 1.807) is 6.92 Å².